The molecule has 2 aromatic heterocycles. The van der Waals surface area contributed by atoms with Gasteiger partial charge in [0.1, 0.15) is 11.6 Å². The molecule has 1 unspecified atom stereocenters. The van der Waals surface area contributed by atoms with E-state index in [1.165, 1.54) is 33.4 Å². The van der Waals surface area contributed by atoms with Crippen molar-refractivity contribution in [2.24, 2.45) is 0 Å². The van der Waals surface area contributed by atoms with Crippen LogP contribution in [0.2, 0.25) is 0 Å². The number of phenolic OH excluding ortho intramolecular Hbond substituents is 1. The topological polar surface area (TPSA) is 50.9 Å². The Balaban J connectivity index is 0.00000711. The summed E-state index contributed by atoms with van der Waals surface area (Å²) in [5.41, 5.74) is 19.6. The van der Waals surface area contributed by atoms with Crippen LogP contribution in [0.5, 0.6) is 5.75 Å². The number of hydrogen-bond donors (Lipinski definition) is 1. The first-order valence-corrected chi connectivity index (χ1v) is 25.9. The fourth-order valence-electron chi connectivity index (χ4n) is 10.2. The van der Waals surface area contributed by atoms with Gasteiger partial charge in [-0.1, -0.05) is 235 Å². The molecule has 0 radical (unpaired) electrons. The summed E-state index contributed by atoms with van der Waals surface area (Å²) in [5, 5.41) is 12.7. The van der Waals surface area contributed by atoms with Crippen molar-refractivity contribution in [1.29, 1.82) is 0 Å². The molecule has 1 atom stereocenters. The molecule has 2 heterocycles. The van der Waals surface area contributed by atoms with Crippen LogP contribution < -0.4 is 0 Å². The fraction of sp³-hybridized carbons (Fsp3) is 0.294. The van der Waals surface area contributed by atoms with Crippen molar-refractivity contribution in [3.8, 4) is 67.5 Å². The zero-order chi connectivity index (χ0) is 51.4. The third-order valence-electron chi connectivity index (χ3n) is 14.6. The monoisotopic (exact) mass is 1140 g/mol. The van der Waals surface area contributed by atoms with Crippen LogP contribution in [-0.4, -0.2) is 19.6 Å². The number of benzene rings is 7. The summed E-state index contributed by atoms with van der Waals surface area (Å²) in [7, 11) is 0. The summed E-state index contributed by atoms with van der Waals surface area (Å²) in [5.74, 6) is 1.58. The number of rotatable bonds is 10. The molecule has 0 bridgehead atoms. The second-order valence-corrected chi connectivity index (χ2v) is 23.6. The Morgan fingerprint density at radius 1 is 0.507 bits per heavy atom. The van der Waals surface area contributed by atoms with Crippen LogP contribution in [0.1, 0.15) is 154 Å². The zero-order valence-corrected chi connectivity index (χ0v) is 47.6. The van der Waals surface area contributed by atoms with Crippen LogP contribution in [0.25, 0.3) is 72.7 Å². The third kappa shape index (κ3) is 10.6. The van der Waals surface area contributed by atoms with E-state index in [9.17, 15) is 5.11 Å². The van der Waals surface area contributed by atoms with E-state index < -0.39 is 0 Å². The van der Waals surface area contributed by atoms with Gasteiger partial charge in [0.05, 0.1) is 22.3 Å². The van der Waals surface area contributed by atoms with Crippen molar-refractivity contribution in [3.05, 3.63) is 203 Å². The molecule has 1 N–H and O–H groups in total. The minimum Gasteiger partial charge on any atom is -0.507 e. The number of phenols is 1. The number of pyridine rings is 1. The van der Waals surface area contributed by atoms with Crippen LogP contribution in [0, 0.1) is 6.07 Å². The summed E-state index contributed by atoms with van der Waals surface area (Å²) >= 11 is 0. The number of aromatic hydroxyl groups is 1. The number of fused-ring (bicyclic) bond motifs is 1. The van der Waals surface area contributed by atoms with Crippen LogP contribution in [0.4, 0.5) is 0 Å². The molecule has 0 aliphatic heterocycles. The first kappa shape index (κ1) is 53.0. The molecule has 9 rings (SSSR count). The van der Waals surface area contributed by atoms with E-state index in [2.05, 4.69) is 259 Å². The molecule has 0 aliphatic rings. The molecular formula is C68H72N3OPt-. The largest absolute Gasteiger partial charge is 0.507 e. The molecule has 73 heavy (non-hydrogen) atoms. The molecule has 0 spiro atoms. The average molecular weight is 1140 g/mol. The van der Waals surface area contributed by atoms with Gasteiger partial charge in [-0.3, -0.25) is 9.55 Å². The van der Waals surface area contributed by atoms with Gasteiger partial charge in [0.25, 0.3) is 0 Å². The number of aromatic nitrogens is 3. The molecule has 0 saturated carbocycles. The van der Waals surface area contributed by atoms with Gasteiger partial charge in [-0.25, -0.2) is 4.98 Å². The molecule has 0 amide bonds. The molecule has 0 fully saturated rings. The van der Waals surface area contributed by atoms with Gasteiger partial charge in [-0.15, -0.1) is 23.8 Å². The van der Waals surface area contributed by atoms with Crippen LogP contribution >= 0.6 is 0 Å². The standard InChI is InChI=1S/C68H72N3O.Pt/c1-42(2)56-38-51(66(6,7)8)39-57(43(3)4)63(56)71-61-31-23-30-55(62(61)70-65(71)58-40-52(67(9,10)11)41-59(64(58)72)68(12,13)14)49-34-48(46-26-19-16-20-27-46)35-50(36-49)60-37-47(32-33-69-60)54-29-22-21-28-53(54)44(5)45-24-17-15-18-25-45;/h15-35,37-44,72H,1-14H3;/q-1;. The van der Waals surface area contributed by atoms with Crippen molar-refractivity contribution in [2.75, 3.05) is 0 Å². The first-order chi connectivity index (χ1) is 34.1. The summed E-state index contributed by atoms with van der Waals surface area (Å²) in [6.07, 6.45) is 1.93. The van der Waals surface area contributed by atoms with Gasteiger partial charge in [-0.05, 0) is 96.4 Å². The van der Waals surface area contributed by atoms with Crippen molar-refractivity contribution >= 4 is 11.0 Å². The predicted molar refractivity (Wildman–Crippen MR) is 305 cm³/mol. The normalized spacial score (nSPS) is 12.7. The van der Waals surface area contributed by atoms with E-state index in [1.807, 2.05) is 6.20 Å². The Morgan fingerprint density at radius 3 is 1.70 bits per heavy atom. The zero-order valence-electron chi connectivity index (χ0n) is 45.3. The Hall–Kier alpha value is -6.35. The average Bonchev–Trinajstić information content (AvgIpc) is 3.74. The Morgan fingerprint density at radius 2 is 1.08 bits per heavy atom. The molecule has 376 valence electrons. The number of hydrogen-bond acceptors (Lipinski definition) is 3. The third-order valence-corrected chi connectivity index (χ3v) is 14.6. The molecule has 9 aromatic rings. The van der Waals surface area contributed by atoms with Crippen LogP contribution in [0.3, 0.4) is 0 Å². The van der Waals surface area contributed by atoms with Crippen LogP contribution in [0.15, 0.2) is 158 Å². The minimum atomic E-state index is -0.334. The fourth-order valence-corrected chi connectivity index (χ4v) is 10.2. The Kier molecular flexibility index (Phi) is 14.9. The maximum atomic E-state index is 12.7. The van der Waals surface area contributed by atoms with Crippen molar-refractivity contribution in [1.82, 2.24) is 14.5 Å². The van der Waals surface area contributed by atoms with Gasteiger partial charge < -0.3 is 5.11 Å². The number of imidazole rings is 1. The summed E-state index contributed by atoms with van der Waals surface area (Å²) in [6.45, 7) is 31.7. The second kappa shape index (κ2) is 20.5. The first-order valence-electron chi connectivity index (χ1n) is 25.9. The smallest absolute Gasteiger partial charge is 0.148 e. The van der Waals surface area contributed by atoms with Crippen molar-refractivity contribution in [3.63, 3.8) is 0 Å². The van der Waals surface area contributed by atoms with Gasteiger partial charge in [-0.2, -0.15) is 0 Å². The van der Waals surface area contributed by atoms with E-state index in [4.69, 9.17) is 9.97 Å². The SMILES string of the molecule is CC(C)c1cc(C(C)(C)C)cc(C(C)C)c1-n1c(-c2cc(C(C)(C)C)cc(C(C)(C)C)c2O)nc2c(-c3[c-]c(-c4cc(-c5ccccc5C(C)c5ccccc5)ccn4)cc(-c4ccccc4)c3)cccc21.[Pt]. The predicted octanol–water partition coefficient (Wildman–Crippen LogP) is 18.5. The van der Waals surface area contributed by atoms with Crippen molar-refractivity contribution in [2.45, 2.75) is 131 Å². The summed E-state index contributed by atoms with van der Waals surface area (Å²) in [6, 6.07) is 58.6. The minimum absolute atomic E-state index is 0. The molecule has 0 aliphatic carbocycles. The molecule has 0 saturated heterocycles. The Bertz CT molecular complexity index is 3400. The van der Waals surface area contributed by atoms with Gasteiger partial charge in [0, 0.05) is 44.4 Å². The van der Waals surface area contributed by atoms with E-state index in [-0.39, 0.29) is 60.8 Å². The van der Waals surface area contributed by atoms with E-state index in [0.717, 1.165) is 78.3 Å². The van der Waals surface area contributed by atoms with E-state index >= 15 is 0 Å². The van der Waals surface area contributed by atoms with Gasteiger partial charge in [0.2, 0.25) is 0 Å². The van der Waals surface area contributed by atoms with Crippen molar-refractivity contribution < 1.29 is 26.2 Å². The molecule has 7 aromatic carbocycles. The molecule has 5 heteroatoms. The number of nitrogens with zero attached hydrogens (tertiary/aromatic N) is 3. The summed E-state index contributed by atoms with van der Waals surface area (Å²) in [4.78, 5) is 10.9. The second-order valence-electron chi connectivity index (χ2n) is 23.6. The molecule has 4 nitrogen and oxygen atoms in total. The number of para-hydroxylation sites is 1. The maximum absolute atomic E-state index is 12.7. The van der Waals surface area contributed by atoms with E-state index in [0.29, 0.717) is 0 Å². The van der Waals surface area contributed by atoms with E-state index in [1.54, 1.807) is 0 Å². The summed E-state index contributed by atoms with van der Waals surface area (Å²) < 4.78 is 2.38. The maximum Gasteiger partial charge on any atom is 0.148 e. The molecular weight excluding hydrogens is 1070 g/mol. The van der Waals surface area contributed by atoms with Gasteiger partial charge >= 0.3 is 0 Å². The van der Waals surface area contributed by atoms with Crippen LogP contribution in [-0.2, 0) is 37.3 Å². The quantitative estimate of drug-likeness (QED) is 0.139. The Labute approximate surface area is 450 Å². The van der Waals surface area contributed by atoms with Gasteiger partial charge in [0.15, 0.2) is 0 Å².